The third kappa shape index (κ3) is 5.31. The van der Waals surface area contributed by atoms with Gasteiger partial charge in [0.2, 0.25) is 0 Å². The van der Waals surface area contributed by atoms with E-state index in [4.69, 9.17) is 14.5 Å². The summed E-state index contributed by atoms with van der Waals surface area (Å²) in [5.41, 5.74) is 0.593. The number of aryl methyl sites for hydroxylation is 1. The standard InChI is InChI=1S/C11H16FO4P/c1-2-3-4-9-5-6-10(7-11(9)12)16-8-17(13,14)15/h5-7H,2-4,8H2,1H3,(H2,13,14,15). The number of hydrogen-bond acceptors (Lipinski definition) is 2. The van der Waals surface area contributed by atoms with Gasteiger partial charge in [-0.15, -0.1) is 0 Å². The molecule has 1 rings (SSSR count). The Morgan fingerprint density at radius 1 is 1.41 bits per heavy atom. The molecule has 0 saturated carbocycles. The zero-order valence-corrected chi connectivity index (χ0v) is 10.5. The largest absolute Gasteiger partial charge is 0.481 e. The Morgan fingerprint density at radius 2 is 2.12 bits per heavy atom. The first-order valence-corrected chi connectivity index (χ1v) is 7.18. The van der Waals surface area contributed by atoms with Crippen LogP contribution >= 0.6 is 7.60 Å². The fourth-order valence-corrected chi connectivity index (χ4v) is 1.66. The van der Waals surface area contributed by atoms with Crippen molar-refractivity contribution in [3.8, 4) is 5.75 Å². The molecule has 17 heavy (non-hydrogen) atoms. The summed E-state index contributed by atoms with van der Waals surface area (Å²) in [6, 6.07) is 4.25. The molecule has 2 N–H and O–H groups in total. The van der Waals surface area contributed by atoms with E-state index in [1.165, 1.54) is 6.07 Å². The van der Waals surface area contributed by atoms with Crippen molar-refractivity contribution in [3.63, 3.8) is 0 Å². The van der Waals surface area contributed by atoms with Crippen LogP contribution in [0, 0.1) is 5.82 Å². The lowest BCUT2D eigenvalue weighted by Gasteiger charge is -2.09. The summed E-state index contributed by atoms with van der Waals surface area (Å²) >= 11 is 0. The summed E-state index contributed by atoms with van der Waals surface area (Å²) in [5.74, 6) is -0.271. The van der Waals surface area contributed by atoms with Crippen LogP contribution in [-0.4, -0.2) is 16.1 Å². The van der Waals surface area contributed by atoms with E-state index < -0.39 is 19.8 Å². The van der Waals surface area contributed by atoms with Crippen LogP contribution in [0.4, 0.5) is 4.39 Å². The van der Waals surface area contributed by atoms with Crippen molar-refractivity contribution in [3.05, 3.63) is 29.6 Å². The van der Waals surface area contributed by atoms with Gasteiger partial charge in [-0.2, -0.15) is 0 Å². The van der Waals surface area contributed by atoms with Crippen molar-refractivity contribution < 1.29 is 23.5 Å². The van der Waals surface area contributed by atoms with Gasteiger partial charge in [-0.05, 0) is 24.5 Å². The molecule has 96 valence electrons. The number of benzene rings is 1. The first-order chi connectivity index (χ1) is 7.92. The summed E-state index contributed by atoms with van der Waals surface area (Å²) in [6.07, 6.45) is 1.80. The summed E-state index contributed by atoms with van der Waals surface area (Å²) < 4.78 is 28.9. The van der Waals surface area contributed by atoms with Crippen molar-refractivity contribution in [1.82, 2.24) is 0 Å². The van der Waals surface area contributed by atoms with Crippen LogP contribution in [0.1, 0.15) is 25.3 Å². The van der Waals surface area contributed by atoms with E-state index >= 15 is 0 Å². The van der Waals surface area contributed by atoms with E-state index in [1.54, 1.807) is 6.07 Å². The van der Waals surface area contributed by atoms with E-state index in [1.807, 2.05) is 6.92 Å². The first kappa shape index (κ1) is 14.2. The van der Waals surface area contributed by atoms with Gasteiger partial charge >= 0.3 is 7.60 Å². The molecule has 6 heteroatoms. The van der Waals surface area contributed by atoms with Crippen LogP contribution in [0.15, 0.2) is 18.2 Å². The van der Waals surface area contributed by atoms with Crippen LogP contribution in [0.5, 0.6) is 5.75 Å². The van der Waals surface area contributed by atoms with Gasteiger partial charge in [-0.25, -0.2) is 4.39 Å². The maximum absolute atomic E-state index is 13.5. The molecule has 4 nitrogen and oxygen atoms in total. The van der Waals surface area contributed by atoms with E-state index in [0.29, 0.717) is 12.0 Å². The van der Waals surface area contributed by atoms with Crippen molar-refractivity contribution >= 4 is 7.60 Å². The number of rotatable bonds is 6. The molecule has 0 aliphatic heterocycles. The minimum atomic E-state index is -4.22. The van der Waals surface area contributed by atoms with Crippen LogP contribution in [-0.2, 0) is 11.0 Å². The normalized spacial score (nSPS) is 11.5. The summed E-state index contributed by atoms with van der Waals surface area (Å²) in [4.78, 5) is 17.2. The Hall–Kier alpha value is -0.900. The molecule has 0 radical (unpaired) electrons. The second-order valence-electron chi connectivity index (χ2n) is 3.79. The maximum Gasteiger partial charge on any atom is 0.362 e. The molecule has 0 bridgehead atoms. The quantitative estimate of drug-likeness (QED) is 0.773. The van der Waals surface area contributed by atoms with Crippen LogP contribution in [0.25, 0.3) is 0 Å². The molecular weight excluding hydrogens is 246 g/mol. The average Bonchev–Trinajstić information content (AvgIpc) is 2.24. The highest BCUT2D eigenvalue weighted by Crippen LogP contribution is 2.34. The van der Waals surface area contributed by atoms with Gasteiger partial charge in [0.25, 0.3) is 0 Å². The van der Waals surface area contributed by atoms with Crippen molar-refractivity contribution in [2.24, 2.45) is 0 Å². The Labute approximate surface area is 99.6 Å². The van der Waals surface area contributed by atoms with Gasteiger partial charge in [-0.3, -0.25) is 4.57 Å². The third-order valence-electron chi connectivity index (χ3n) is 2.22. The molecule has 0 aliphatic carbocycles. The molecule has 0 heterocycles. The molecule has 0 atom stereocenters. The Kier molecular flexibility index (Phi) is 5.12. The second kappa shape index (κ2) is 6.15. The zero-order valence-electron chi connectivity index (χ0n) is 9.60. The predicted octanol–water partition coefficient (Wildman–Crippen LogP) is 2.68. The smallest absolute Gasteiger partial charge is 0.362 e. The minimum absolute atomic E-state index is 0.131. The summed E-state index contributed by atoms with van der Waals surface area (Å²) in [5, 5.41) is 0. The topological polar surface area (TPSA) is 66.8 Å². The van der Waals surface area contributed by atoms with Crippen molar-refractivity contribution in [1.29, 1.82) is 0 Å². The highest BCUT2D eigenvalue weighted by Gasteiger charge is 2.14. The van der Waals surface area contributed by atoms with Gasteiger partial charge in [0, 0.05) is 6.07 Å². The van der Waals surface area contributed by atoms with E-state index in [2.05, 4.69) is 0 Å². The SMILES string of the molecule is CCCCc1ccc(OCP(=O)(O)O)cc1F. The monoisotopic (exact) mass is 262 g/mol. The lowest BCUT2D eigenvalue weighted by Crippen LogP contribution is -1.99. The summed E-state index contributed by atoms with van der Waals surface area (Å²) in [6.45, 7) is 2.02. The zero-order chi connectivity index (χ0) is 12.9. The fourth-order valence-electron chi connectivity index (χ4n) is 1.35. The molecule has 1 aromatic carbocycles. The maximum atomic E-state index is 13.5. The highest BCUT2D eigenvalue weighted by atomic mass is 31.2. The molecule has 0 unspecified atom stereocenters. The van der Waals surface area contributed by atoms with Crippen molar-refractivity contribution in [2.75, 3.05) is 6.35 Å². The Bertz CT molecular complexity index is 416. The summed E-state index contributed by atoms with van der Waals surface area (Å²) in [7, 11) is -4.22. The lowest BCUT2D eigenvalue weighted by molar-refractivity contribution is 0.299. The molecule has 0 fully saturated rings. The molecule has 0 spiro atoms. The third-order valence-corrected chi connectivity index (χ3v) is 2.69. The number of ether oxygens (including phenoxy) is 1. The molecule has 0 aromatic heterocycles. The van der Waals surface area contributed by atoms with Crippen LogP contribution in [0.3, 0.4) is 0 Å². The molecule has 0 amide bonds. The van der Waals surface area contributed by atoms with Crippen molar-refractivity contribution in [2.45, 2.75) is 26.2 Å². The Balaban J connectivity index is 2.65. The second-order valence-corrected chi connectivity index (χ2v) is 5.38. The highest BCUT2D eigenvalue weighted by molar-refractivity contribution is 7.51. The van der Waals surface area contributed by atoms with Gasteiger partial charge in [-0.1, -0.05) is 19.4 Å². The lowest BCUT2D eigenvalue weighted by atomic mass is 10.1. The van der Waals surface area contributed by atoms with Gasteiger partial charge in [0.05, 0.1) is 0 Å². The predicted molar refractivity (Wildman–Crippen MR) is 62.6 cm³/mol. The number of halogens is 1. The van der Waals surface area contributed by atoms with Crippen LogP contribution in [0.2, 0.25) is 0 Å². The number of unbranched alkanes of at least 4 members (excludes halogenated alkanes) is 1. The minimum Gasteiger partial charge on any atom is -0.481 e. The van der Waals surface area contributed by atoms with Crippen LogP contribution < -0.4 is 4.74 Å². The molecule has 1 aromatic rings. The molecule has 0 saturated heterocycles. The van der Waals surface area contributed by atoms with E-state index in [-0.39, 0.29) is 5.75 Å². The first-order valence-electron chi connectivity index (χ1n) is 5.38. The van der Waals surface area contributed by atoms with Gasteiger partial charge in [0.15, 0.2) is 6.35 Å². The van der Waals surface area contributed by atoms with Gasteiger partial charge < -0.3 is 14.5 Å². The van der Waals surface area contributed by atoms with E-state index in [0.717, 1.165) is 18.9 Å². The number of hydrogen-bond donors (Lipinski definition) is 2. The molecule has 0 aliphatic rings. The molecular formula is C11H16FO4P. The Morgan fingerprint density at radius 3 is 2.65 bits per heavy atom. The fraction of sp³-hybridized carbons (Fsp3) is 0.455. The average molecular weight is 262 g/mol. The van der Waals surface area contributed by atoms with E-state index in [9.17, 15) is 8.96 Å². The van der Waals surface area contributed by atoms with Gasteiger partial charge in [0.1, 0.15) is 11.6 Å².